The summed E-state index contributed by atoms with van der Waals surface area (Å²) in [5.74, 6) is 0.233. The molecule has 4 heteroatoms. The van der Waals surface area contributed by atoms with Gasteiger partial charge in [0.25, 0.3) is 0 Å². The molecule has 1 heterocycles. The average Bonchev–Trinajstić information content (AvgIpc) is 2.22. The summed E-state index contributed by atoms with van der Waals surface area (Å²) in [6, 6.07) is 0.177. The Hall–Kier alpha value is -0.610. The minimum atomic E-state index is -0.0748. The lowest BCUT2D eigenvalue weighted by molar-refractivity contribution is -0.140. The molecule has 1 atom stereocenters. The van der Waals surface area contributed by atoms with Gasteiger partial charge in [0.05, 0.1) is 6.04 Å². The summed E-state index contributed by atoms with van der Waals surface area (Å²) in [7, 11) is 4.01. The van der Waals surface area contributed by atoms with Crippen molar-refractivity contribution in [2.45, 2.75) is 51.7 Å². The third-order valence-electron chi connectivity index (χ3n) is 3.38. The molecule has 0 spiro atoms. The van der Waals surface area contributed by atoms with Gasteiger partial charge in [-0.3, -0.25) is 4.79 Å². The standard InChI is InChI=1S/C13H27N3O/c1-10(2)16-12(17)11(9-15(5)6)14-8-7-13(16,3)4/h10-11,14H,7-9H2,1-6H3. The number of nitrogens with one attached hydrogen (secondary N) is 1. The van der Waals surface area contributed by atoms with Crippen LogP contribution >= 0.6 is 0 Å². The van der Waals surface area contributed by atoms with E-state index in [0.29, 0.717) is 0 Å². The van der Waals surface area contributed by atoms with Crippen LogP contribution in [0.2, 0.25) is 0 Å². The van der Waals surface area contributed by atoms with E-state index >= 15 is 0 Å². The Balaban J connectivity index is 2.91. The zero-order valence-electron chi connectivity index (χ0n) is 12.1. The molecule has 17 heavy (non-hydrogen) atoms. The molecule has 4 nitrogen and oxygen atoms in total. The van der Waals surface area contributed by atoms with Crippen LogP contribution < -0.4 is 5.32 Å². The van der Waals surface area contributed by atoms with Gasteiger partial charge in [-0.1, -0.05) is 0 Å². The number of carbonyl (C=O) groups is 1. The average molecular weight is 241 g/mol. The third-order valence-corrected chi connectivity index (χ3v) is 3.38. The van der Waals surface area contributed by atoms with Crippen LogP contribution in [0.1, 0.15) is 34.1 Å². The fourth-order valence-corrected chi connectivity index (χ4v) is 2.69. The molecule has 1 amide bonds. The number of likely N-dealkylation sites (N-methyl/N-ethyl adjacent to an activating group) is 1. The molecule has 0 radical (unpaired) electrons. The lowest BCUT2D eigenvalue weighted by atomic mass is 9.96. The van der Waals surface area contributed by atoms with E-state index in [9.17, 15) is 4.79 Å². The molecule has 1 fully saturated rings. The van der Waals surface area contributed by atoms with Crippen LogP contribution in [0.5, 0.6) is 0 Å². The molecule has 0 aliphatic carbocycles. The summed E-state index contributed by atoms with van der Waals surface area (Å²) < 4.78 is 0. The number of rotatable bonds is 3. The molecule has 1 rings (SSSR count). The molecule has 0 saturated carbocycles. The highest BCUT2D eigenvalue weighted by Crippen LogP contribution is 2.24. The number of nitrogens with zero attached hydrogens (tertiary/aromatic N) is 2. The molecule has 0 aromatic carbocycles. The molecular weight excluding hydrogens is 214 g/mol. The summed E-state index contributed by atoms with van der Waals surface area (Å²) in [5, 5.41) is 3.37. The smallest absolute Gasteiger partial charge is 0.241 e. The van der Waals surface area contributed by atoms with E-state index in [-0.39, 0.29) is 23.5 Å². The maximum absolute atomic E-state index is 12.6. The van der Waals surface area contributed by atoms with Crippen molar-refractivity contribution in [1.29, 1.82) is 0 Å². The van der Waals surface area contributed by atoms with Crippen LogP contribution in [0, 0.1) is 0 Å². The second kappa shape index (κ2) is 5.36. The van der Waals surface area contributed by atoms with Gasteiger partial charge in [-0.2, -0.15) is 0 Å². The minimum absolute atomic E-state index is 0.0562. The van der Waals surface area contributed by atoms with Crippen LogP contribution in [-0.2, 0) is 4.79 Å². The lowest BCUT2D eigenvalue weighted by Crippen LogP contribution is -2.56. The Kier molecular flexibility index (Phi) is 4.55. The van der Waals surface area contributed by atoms with Crippen LogP contribution in [0.15, 0.2) is 0 Å². The molecule has 0 aromatic rings. The zero-order chi connectivity index (χ0) is 13.2. The Morgan fingerprint density at radius 2 is 2.06 bits per heavy atom. The molecule has 0 bridgehead atoms. The Labute approximate surface area is 105 Å². The van der Waals surface area contributed by atoms with E-state index in [4.69, 9.17) is 0 Å². The van der Waals surface area contributed by atoms with Crippen molar-refractivity contribution in [1.82, 2.24) is 15.1 Å². The van der Waals surface area contributed by atoms with Gasteiger partial charge in [0.1, 0.15) is 0 Å². The molecule has 1 N–H and O–H groups in total. The number of hydrogen-bond acceptors (Lipinski definition) is 3. The first-order valence-corrected chi connectivity index (χ1v) is 6.47. The van der Waals surface area contributed by atoms with Crippen molar-refractivity contribution in [2.24, 2.45) is 0 Å². The number of hydrogen-bond donors (Lipinski definition) is 1. The van der Waals surface area contributed by atoms with Gasteiger partial charge in [0.2, 0.25) is 5.91 Å². The van der Waals surface area contributed by atoms with E-state index in [1.165, 1.54) is 0 Å². The van der Waals surface area contributed by atoms with Crippen molar-refractivity contribution in [3.63, 3.8) is 0 Å². The summed E-state index contributed by atoms with van der Waals surface area (Å²) in [4.78, 5) is 16.7. The highest BCUT2D eigenvalue weighted by molar-refractivity contribution is 5.83. The molecule has 1 unspecified atom stereocenters. The van der Waals surface area contributed by atoms with Crippen molar-refractivity contribution >= 4 is 5.91 Å². The lowest BCUT2D eigenvalue weighted by Gasteiger charge is -2.41. The van der Waals surface area contributed by atoms with Crippen molar-refractivity contribution < 1.29 is 4.79 Å². The third kappa shape index (κ3) is 3.42. The quantitative estimate of drug-likeness (QED) is 0.798. The first-order valence-electron chi connectivity index (χ1n) is 6.47. The molecule has 100 valence electrons. The summed E-state index contributed by atoms with van der Waals surface area (Å²) in [6.45, 7) is 10.2. The van der Waals surface area contributed by atoms with Crippen LogP contribution in [0.25, 0.3) is 0 Å². The van der Waals surface area contributed by atoms with Crippen LogP contribution in [-0.4, -0.2) is 60.5 Å². The fourth-order valence-electron chi connectivity index (χ4n) is 2.69. The molecule has 1 aliphatic rings. The molecule has 1 saturated heterocycles. The topological polar surface area (TPSA) is 35.6 Å². The fraction of sp³-hybridized carbons (Fsp3) is 0.923. The summed E-state index contributed by atoms with van der Waals surface area (Å²) in [5.41, 5.74) is -0.0562. The first kappa shape index (κ1) is 14.5. The van der Waals surface area contributed by atoms with Gasteiger partial charge < -0.3 is 15.1 Å². The van der Waals surface area contributed by atoms with Crippen LogP contribution in [0.3, 0.4) is 0 Å². The molecule has 0 aromatic heterocycles. The van der Waals surface area contributed by atoms with Gasteiger partial charge in [-0.25, -0.2) is 0 Å². The second-order valence-corrected chi connectivity index (χ2v) is 6.13. The van der Waals surface area contributed by atoms with Crippen molar-refractivity contribution in [2.75, 3.05) is 27.2 Å². The zero-order valence-corrected chi connectivity index (χ0v) is 12.1. The normalized spacial score (nSPS) is 25.5. The summed E-state index contributed by atoms with van der Waals surface area (Å²) >= 11 is 0. The first-order chi connectivity index (χ1) is 7.75. The molecule has 1 aliphatic heterocycles. The van der Waals surface area contributed by atoms with E-state index in [1.807, 2.05) is 19.0 Å². The van der Waals surface area contributed by atoms with Gasteiger partial charge in [-0.05, 0) is 54.8 Å². The number of amides is 1. The second-order valence-electron chi connectivity index (χ2n) is 6.13. The highest BCUT2D eigenvalue weighted by Gasteiger charge is 2.38. The van der Waals surface area contributed by atoms with Gasteiger partial charge in [-0.15, -0.1) is 0 Å². The monoisotopic (exact) mass is 241 g/mol. The molecular formula is C13H27N3O. The van der Waals surface area contributed by atoms with Gasteiger partial charge in [0.15, 0.2) is 0 Å². The Morgan fingerprint density at radius 1 is 1.47 bits per heavy atom. The highest BCUT2D eigenvalue weighted by atomic mass is 16.2. The van der Waals surface area contributed by atoms with Gasteiger partial charge >= 0.3 is 0 Å². The van der Waals surface area contributed by atoms with E-state index < -0.39 is 0 Å². The number of carbonyl (C=O) groups excluding carboxylic acids is 1. The maximum atomic E-state index is 12.6. The van der Waals surface area contributed by atoms with Crippen molar-refractivity contribution in [3.05, 3.63) is 0 Å². The SMILES string of the molecule is CC(C)N1C(=O)C(CN(C)C)NCCC1(C)C. The minimum Gasteiger partial charge on any atom is -0.334 e. The summed E-state index contributed by atoms with van der Waals surface area (Å²) in [6.07, 6.45) is 1.00. The van der Waals surface area contributed by atoms with Crippen LogP contribution in [0.4, 0.5) is 0 Å². The van der Waals surface area contributed by atoms with E-state index in [1.54, 1.807) is 0 Å². The van der Waals surface area contributed by atoms with E-state index in [2.05, 4.69) is 37.9 Å². The van der Waals surface area contributed by atoms with Gasteiger partial charge in [0, 0.05) is 18.1 Å². The maximum Gasteiger partial charge on any atom is 0.241 e. The van der Waals surface area contributed by atoms with E-state index in [0.717, 1.165) is 19.5 Å². The Morgan fingerprint density at radius 3 is 2.53 bits per heavy atom. The largest absolute Gasteiger partial charge is 0.334 e. The van der Waals surface area contributed by atoms with Crippen molar-refractivity contribution in [3.8, 4) is 0 Å². The predicted octanol–water partition coefficient (Wildman–Crippen LogP) is 0.925. The Bertz CT molecular complexity index is 274. The predicted molar refractivity (Wildman–Crippen MR) is 71.0 cm³/mol.